The minimum Gasteiger partial charge on any atom is -0.467 e. The molecule has 0 bridgehead atoms. The van der Waals surface area contributed by atoms with Crippen LogP contribution in [0.3, 0.4) is 0 Å². The van der Waals surface area contributed by atoms with Crippen LogP contribution in [-0.4, -0.2) is 37.2 Å². The van der Waals surface area contributed by atoms with E-state index < -0.39 is 5.54 Å². The van der Waals surface area contributed by atoms with E-state index >= 15 is 0 Å². The lowest BCUT2D eigenvalue weighted by Gasteiger charge is -2.28. The fourth-order valence-electron chi connectivity index (χ4n) is 2.87. The summed E-state index contributed by atoms with van der Waals surface area (Å²) in [6, 6.07) is 5.57. The number of halogens is 1. The van der Waals surface area contributed by atoms with Crippen LogP contribution < -0.4 is 10.5 Å². The molecule has 2 aliphatic heterocycles. The Morgan fingerprint density at radius 2 is 2.23 bits per heavy atom. The number of hydrogen-bond donors (Lipinski definition) is 1. The summed E-state index contributed by atoms with van der Waals surface area (Å²) in [5.41, 5.74) is 5.63. The van der Waals surface area contributed by atoms with Crippen LogP contribution in [0.1, 0.15) is 24.8 Å². The second kappa shape index (κ2) is 5.89. The molecule has 0 aromatic heterocycles. The molecule has 0 saturated carbocycles. The van der Waals surface area contributed by atoms with Crippen molar-refractivity contribution in [2.45, 2.75) is 24.8 Å². The third-order valence-electron chi connectivity index (χ3n) is 4.07. The van der Waals surface area contributed by atoms with Gasteiger partial charge in [0.1, 0.15) is 5.75 Å². The van der Waals surface area contributed by atoms with Crippen LogP contribution in [0.25, 0.3) is 0 Å². The van der Waals surface area contributed by atoms with Gasteiger partial charge in [0.05, 0.1) is 6.61 Å². The highest BCUT2D eigenvalue weighted by Gasteiger charge is 2.49. The Labute approximate surface area is 137 Å². The first-order chi connectivity index (χ1) is 10.5. The average Bonchev–Trinajstić information content (AvgIpc) is 2.72. The van der Waals surface area contributed by atoms with Gasteiger partial charge in [0.25, 0.3) is 5.91 Å². The molecule has 1 aromatic rings. The minimum absolute atomic E-state index is 0.116. The average molecular weight is 368 g/mol. The normalized spacial score (nSPS) is 25.6. The fraction of sp³-hybridized carbons (Fsp3) is 0.467. The van der Waals surface area contributed by atoms with E-state index in [2.05, 4.69) is 20.9 Å². The maximum atomic E-state index is 12.9. The van der Waals surface area contributed by atoms with Gasteiger partial charge in [-0.05, 0) is 37.5 Å². The number of benzene rings is 1. The predicted molar refractivity (Wildman–Crippen MR) is 85.5 cm³/mol. The number of nitrogens with two attached hydrogens (primary N) is 1. The third kappa shape index (κ3) is 2.48. The molecule has 1 amide bonds. The number of amides is 1. The number of nitrogens with zero attached hydrogens (tertiary/aromatic N) is 2. The topological polar surface area (TPSA) is 77.2 Å². The maximum Gasteiger partial charge on any atom is 0.261 e. The molecule has 118 valence electrons. The van der Waals surface area contributed by atoms with Gasteiger partial charge in [-0.1, -0.05) is 15.9 Å². The lowest BCUT2D eigenvalue weighted by molar-refractivity contribution is -0.131. The number of carbonyl (C=O) groups is 1. The van der Waals surface area contributed by atoms with Crippen molar-refractivity contribution in [3.05, 3.63) is 28.2 Å². The molecule has 0 fully saturated rings. The van der Waals surface area contributed by atoms with Crippen LogP contribution in [0.5, 0.6) is 5.75 Å². The minimum atomic E-state index is -1.00. The molecule has 0 aliphatic carbocycles. The summed E-state index contributed by atoms with van der Waals surface area (Å²) in [4.78, 5) is 18.8. The van der Waals surface area contributed by atoms with Gasteiger partial charge in [-0.25, -0.2) is 4.99 Å². The summed E-state index contributed by atoms with van der Waals surface area (Å²) < 4.78 is 12.0. The number of fused-ring (bicyclic) bond motifs is 2. The molecule has 1 atom stereocenters. The van der Waals surface area contributed by atoms with Gasteiger partial charge >= 0.3 is 0 Å². The van der Waals surface area contributed by atoms with Crippen LogP contribution in [0.2, 0.25) is 0 Å². The zero-order valence-corrected chi connectivity index (χ0v) is 13.9. The van der Waals surface area contributed by atoms with E-state index in [0.717, 1.165) is 22.9 Å². The zero-order chi connectivity index (χ0) is 15.7. The molecule has 1 unspecified atom stereocenters. The number of rotatable bonds is 0. The zero-order valence-electron chi connectivity index (χ0n) is 12.3. The summed E-state index contributed by atoms with van der Waals surface area (Å²) in [5, 5.41) is 0. The third-order valence-corrected chi connectivity index (χ3v) is 4.56. The van der Waals surface area contributed by atoms with Gasteiger partial charge in [-0.15, -0.1) is 0 Å². The Bertz CT molecular complexity index is 634. The first-order valence-electron chi connectivity index (χ1n) is 7.19. The molecule has 2 aliphatic rings. The summed E-state index contributed by atoms with van der Waals surface area (Å²) in [5.74, 6) is 0.726. The number of hydrogen-bond acceptors (Lipinski definition) is 5. The molecule has 6 nitrogen and oxygen atoms in total. The van der Waals surface area contributed by atoms with Crippen molar-refractivity contribution in [1.29, 1.82) is 0 Å². The van der Waals surface area contributed by atoms with Crippen LogP contribution in [0.4, 0.5) is 0 Å². The van der Waals surface area contributed by atoms with E-state index in [0.29, 0.717) is 18.8 Å². The number of likely N-dealkylation sites (N-methyl/N-ethyl adjacent to an activating group) is 1. The van der Waals surface area contributed by atoms with Gasteiger partial charge in [0.2, 0.25) is 0 Å². The van der Waals surface area contributed by atoms with Gasteiger partial charge in [0, 0.05) is 17.1 Å². The molecule has 2 heterocycles. The Kier molecular flexibility index (Phi) is 4.10. The first-order valence-corrected chi connectivity index (χ1v) is 7.98. The molecule has 0 radical (unpaired) electrons. The number of carbonyl (C=O) groups excluding carboxylic acids is 1. The Morgan fingerprint density at radius 3 is 2.95 bits per heavy atom. The standard InChI is InChI=1S/C15H18BrN3O3/c1-19-13(20)15(18-14(19)17)6-2-3-7-21-9-22-12-5-4-10(16)8-11(12)15/h4-5,8H,2-3,6-7,9H2,1H3,(H2,17,18). The lowest BCUT2D eigenvalue weighted by atomic mass is 9.84. The van der Waals surface area contributed by atoms with Gasteiger partial charge in [0.15, 0.2) is 18.3 Å². The molecule has 0 saturated heterocycles. The van der Waals surface area contributed by atoms with Crippen molar-refractivity contribution in [2.75, 3.05) is 20.4 Å². The first kappa shape index (κ1) is 15.3. The number of guanidine groups is 1. The van der Waals surface area contributed by atoms with Crippen LogP contribution >= 0.6 is 15.9 Å². The monoisotopic (exact) mass is 367 g/mol. The molecular weight excluding hydrogens is 350 g/mol. The molecule has 22 heavy (non-hydrogen) atoms. The van der Waals surface area contributed by atoms with Crippen LogP contribution in [0, 0.1) is 0 Å². The van der Waals surface area contributed by atoms with Crippen LogP contribution in [0.15, 0.2) is 27.7 Å². The van der Waals surface area contributed by atoms with Crippen molar-refractivity contribution < 1.29 is 14.3 Å². The maximum absolute atomic E-state index is 12.9. The second-order valence-corrected chi connectivity index (χ2v) is 6.38. The quantitative estimate of drug-likeness (QED) is 0.760. The lowest BCUT2D eigenvalue weighted by Crippen LogP contribution is -2.40. The Morgan fingerprint density at radius 1 is 1.41 bits per heavy atom. The molecule has 1 spiro atoms. The van der Waals surface area contributed by atoms with Gasteiger partial charge in [-0.3, -0.25) is 9.69 Å². The largest absolute Gasteiger partial charge is 0.467 e. The van der Waals surface area contributed by atoms with E-state index in [-0.39, 0.29) is 18.7 Å². The number of ether oxygens (including phenoxy) is 2. The summed E-state index contributed by atoms with van der Waals surface area (Å²) in [7, 11) is 1.65. The van der Waals surface area contributed by atoms with Crippen molar-refractivity contribution >= 4 is 27.8 Å². The fourth-order valence-corrected chi connectivity index (χ4v) is 3.23. The van der Waals surface area contributed by atoms with E-state index in [1.54, 1.807) is 7.05 Å². The van der Waals surface area contributed by atoms with Crippen LogP contribution in [-0.2, 0) is 15.1 Å². The van der Waals surface area contributed by atoms with Gasteiger partial charge in [-0.2, -0.15) is 0 Å². The second-order valence-electron chi connectivity index (χ2n) is 5.46. The Balaban J connectivity index is 2.16. The summed E-state index contributed by atoms with van der Waals surface area (Å²) in [6.45, 7) is 0.763. The van der Waals surface area contributed by atoms with Crippen molar-refractivity contribution in [2.24, 2.45) is 10.7 Å². The Hall–Kier alpha value is -1.60. The summed E-state index contributed by atoms with van der Waals surface area (Å²) in [6.07, 6.45) is 2.25. The van der Waals surface area contributed by atoms with E-state index in [9.17, 15) is 4.79 Å². The van der Waals surface area contributed by atoms with E-state index in [4.69, 9.17) is 15.2 Å². The number of aliphatic imine (C=N–C) groups is 1. The highest BCUT2D eigenvalue weighted by Crippen LogP contribution is 2.43. The van der Waals surface area contributed by atoms with E-state index in [1.165, 1.54) is 4.90 Å². The van der Waals surface area contributed by atoms with Gasteiger partial charge < -0.3 is 15.2 Å². The summed E-state index contributed by atoms with van der Waals surface area (Å²) >= 11 is 3.46. The van der Waals surface area contributed by atoms with E-state index in [1.807, 2.05) is 18.2 Å². The molecule has 1 aromatic carbocycles. The van der Waals surface area contributed by atoms with Crippen molar-refractivity contribution in [1.82, 2.24) is 4.90 Å². The molecule has 3 rings (SSSR count). The molecule has 2 N–H and O–H groups in total. The van der Waals surface area contributed by atoms with Crippen molar-refractivity contribution in [3.63, 3.8) is 0 Å². The predicted octanol–water partition coefficient (Wildman–Crippen LogP) is 1.97. The van der Waals surface area contributed by atoms with Crippen molar-refractivity contribution in [3.8, 4) is 5.75 Å². The molecular formula is C15H18BrN3O3. The highest BCUT2D eigenvalue weighted by atomic mass is 79.9. The smallest absolute Gasteiger partial charge is 0.261 e. The highest BCUT2D eigenvalue weighted by molar-refractivity contribution is 9.10. The molecule has 7 heteroatoms. The SMILES string of the molecule is CN1C(=O)C2(CCCCOCOc3ccc(Br)cc32)N=C1N.